The van der Waals surface area contributed by atoms with E-state index in [0.717, 1.165) is 12.8 Å². The number of aryl methyl sites for hydroxylation is 1. The van der Waals surface area contributed by atoms with Gasteiger partial charge in [-0.2, -0.15) is 0 Å². The Morgan fingerprint density at radius 2 is 2.05 bits per heavy atom. The van der Waals surface area contributed by atoms with E-state index in [1.807, 2.05) is 0 Å². The maximum absolute atomic E-state index is 12.0. The molecular weight excluding hydrogens is 276 g/mol. The van der Waals surface area contributed by atoms with Crippen molar-refractivity contribution < 1.29 is 19.4 Å². The van der Waals surface area contributed by atoms with Crippen LogP contribution in [0.3, 0.4) is 0 Å². The molecule has 7 nitrogen and oxygen atoms in total. The van der Waals surface area contributed by atoms with Crippen molar-refractivity contribution in [2.75, 3.05) is 13.2 Å². The van der Waals surface area contributed by atoms with Crippen molar-refractivity contribution in [1.29, 1.82) is 0 Å². The van der Waals surface area contributed by atoms with Gasteiger partial charge in [-0.25, -0.2) is 4.79 Å². The van der Waals surface area contributed by atoms with Gasteiger partial charge in [0, 0.05) is 24.9 Å². The average molecular weight is 294 g/mol. The molecule has 1 aromatic rings. The third-order valence-corrected chi connectivity index (χ3v) is 3.51. The minimum atomic E-state index is -1.29. The van der Waals surface area contributed by atoms with E-state index in [9.17, 15) is 14.4 Å². The van der Waals surface area contributed by atoms with Crippen LogP contribution in [0.2, 0.25) is 0 Å². The fourth-order valence-electron chi connectivity index (χ4n) is 2.29. The van der Waals surface area contributed by atoms with E-state index in [-0.39, 0.29) is 24.1 Å². The lowest BCUT2D eigenvalue weighted by molar-refractivity contribution is -0.123. The van der Waals surface area contributed by atoms with Crippen molar-refractivity contribution >= 4 is 11.9 Å². The number of aromatic nitrogens is 1. The Bertz CT molecular complexity index is 602. The number of carboxylic acids is 1. The van der Waals surface area contributed by atoms with Crippen LogP contribution in [0.5, 0.6) is 0 Å². The second kappa shape index (κ2) is 6.53. The lowest BCUT2D eigenvalue weighted by atomic mass is 10.1. The van der Waals surface area contributed by atoms with Crippen LogP contribution in [0.1, 0.15) is 28.9 Å². The largest absolute Gasteiger partial charge is 0.477 e. The summed E-state index contributed by atoms with van der Waals surface area (Å²) in [6.07, 6.45) is 1.49. The molecule has 21 heavy (non-hydrogen) atoms. The second-order valence-corrected chi connectivity index (χ2v) is 5.04. The van der Waals surface area contributed by atoms with Gasteiger partial charge in [0.25, 0.3) is 5.56 Å². The number of carbonyl (C=O) groups is 2. The summed E-state index contributed by atoms with van der Waals surface area (Å²) < 4.78 is 6.39. The molecule has 0 unspecified atom stereocenters. The van der Waals surface area contributed by atoms with Crippen LogP contribution in [0.25, 0.3) is 0 Å². The predicted molar refractivity (Wildman–Crippen MR) is 74.4 cm³/mol. The lowest BCUT2D eigenvalue weighted by Crippen LogP contribution is -2.42. The monoisotopic (exact) mass is 294 g/mol. The minimum Gasteiger partial charge on any atom is -0.477 e. The van der Waals surface area contributed by atoms with Gasteiger partial charge in [-0.05, 0) is 31.9 Å². The number of nitrogens with one attached hydrogen (secondary N) is 1. The molecule has 1 saturated heterocycles. The number of pyridine rings is 1. The Hall–Kier alpha value is -2.15. The zero-order valence-electron chi connectivity index (χ0n) is 11.8. The molecule has 114 valence electrons. The summed E-state index contributed by atoms with van der Waals surface area (Å²) in [6.45, 7) is 2.70. The van der Waals surface area contributed by atoms with Gasteiger partial charge in [0.1, 0.15) is 12.1 Å². The van der Waals surface area contributed by atoms with Crippen LogP contribution < -0.4 is 10.9 Å². The third-order valence-electron chi connectivity index (χ3n) is 3.51. The van der Waals surface area contributed by atoms with Gasteiger partial charge in [0.2, 0.25) is 5.91 Å². The second-order valence-electron chi connectivity index (χ2n) is 5.04. The molecule has 1 amide bonds. The quantitative estimate of drug-likeness (QED) is 0.824. The molecule has 0 spiro atoms. The zero-order valence-corrected chi connectivity index (χ0v) is 11.8. The normalized spacial score (nSPS) is 15.7. The van der Waals surface area contributed by atoms with Crippen molar-refractivity contribution in [1.82, 2.24) is 9.88 Å². The maximum atomic E-state index is 12.0. The topological polar surface area (TPSA) is 97.6 Å². The molecule has 0 saturated carbocycles. The first kappa shape index (κ1) is 15.2. The molecule has 2 heterocycles. The number of carboxylic acid groups (broad SMARTS) is 1. The fourth-order valence-corrected chi connectivity index (χ4v) is 2.29. The van der Waals surface area contributed by atoms with Gasteiger partial charge in [0.05, 0.1) is 0 Å². The SMILES string of the molecule is Cc1ccc(C(=O)O)c(=O)n1CC(=O)NC1CCOCC1. The predicted octanol–water partition coefficient (Wildman–Crippen LogP) is 0.150. The van der Waals surface area contributed by atoms with Crippen LogP contribution in [0.4, 0.5) is 0 Å². The van der Waals surface area contributed by atoms with E-state index in [1.165, 1.54) is 16.7 Å². The van der Waals surface area contributed by atoms with Crippen LogP contribution >= 0.6 is 0 Å². The molecule has 7 heteroatoms. The summed E-state index contributed by atoms with van der Waals surface area (Å²) in [5, 5.41) is 11.8. The van der Waals surface area contributed by atoms with Crippen LogP contribution in [0.15, 0.2) is 16.9 Å². The lowest BCUT2D eigenvalue weighted by Gasteiger charge is -2.23. The standard InChI is InChI=1S/C14H18N2O5/c1-9-2-3-11(14(19)20)13(18)16(9)8-12(17)15-10-4-6-21-7-5-10/h2-3,10H,4-8H2,1H3,(H,15,17)(H,19,20). The van der Waals surface area contributed by atoms with Gasteiger partial charge < -0.3 is 19.7 Å². The summed E-state index contributed by atoms with van der Waals surface area (Å²) in [7, 11) is 0. The van der Waals surface area contributed by atoms with Crippen LogP contribution in [-0.2, 0) is 16.1 Å². The van der Waals surface area contributed by atoms with E-state index < -0.39 is 11.5 Å². The number of amides is 1. The summed E-state index contributed by atoms with van der Waals surface area (Å²) in [6, 6.07) is 2.82. The molecule has 1 aliphatic rings. The molecule has 2 rings (SSSR count). The first-order valence-electron chi connectivity index (χ1n) is 6.80. The molecule has 0 aliphatic carbocycles. The van der Waals surface area contributed by atoms with Gasteiger partial charge in [0.15, 0.2) is 0 Å². The van der Waals surface area contributed by atoms with Crippen molar-refractivity contribution in [2.45, 2.75) is 32.4 Å². The van der Waals surface area contributed by atoms with E-state index in [1.54, 1.807) is 6.92 Å². The van der Waals surface area contributed by atoms with E-state index in [2.05, 4.69) is 5.32 Å². The van der Waals surface area contributed by atoms with Gasteiger partial charge in [-0.3, -0.25) is 9.59 Å². The highest BCUT2D eigenvalue weighted by atomic mass is 16.5. The number of carbonyl (C=O) groups excluding carboxylic acids is 1. The van der Waals surface area contributed by atoms with E-state index >= 15 is 0 Å². The highest BCUT2D eigenvalue weighted by molar-refractivity contribution is 5.87. The number of rotatable bonds is 4. The highest BCUT2D eigenvalue weighted by Gasteiger charge is 2.18. The van der Waals surface area contributed by atoms with Gasteiger partial charge >= 0.3 is 5.97 Å². The third kappa shape index (κ3) is 3.69. The Labute approximate surface area is 121 Å². The molecule has 1 aromatic heterocycles. The van der Waals surface area contributed by atoms with Crippen molar-refractivity contribution in [2.24, 2.45) is 0 Å². The van der Waals surface area contributed by atoms with Crippen molar-refractivity contribution in [3.63, 3.8) is 0 Å². The number of ether oxygens (including phenoxy) is 1. The summed E-state index contributed by atoms with van der Waals surface area (Å²) in [5.41, 5.74) is -0.448. The molecule has 0 atom stereocenters. The summed E-state index contributed by atoms with van der Waals surface area (Å²) in [4.78, 5) is 35.0. The van der Waals surface area contributed by atoms with Crippen LogP contribution in [-0.4, -0.2) is 40.8 Å². The summed E-state index contributed by atoms with van der Waals surface area (Å²) >= 11 is 0. The minimum absolute atomic E-state index is 0.0462. The number of hydrogen-bond acceptors (Lipinski definition) is 4. The Morgan fingerprint density at radius 1 is 1.38 bits per heavy atom. The summed E-state index contributed by atoms with van der Waals surface area (Å²) in [5.74, 6) is -1.59. The number of aromatic carboxylic acids is 1. The van der Waals surface area contributed by atoms with Gasteiger partial charge in [-0.15, -0.1) is 0 Å². The maximum Gasteiger partial charge on any atom is 0.341 e. The van der Waals surface area contributed by atoms with E-state index in [0.29, 0.717) is 18.9 Å². The molecule has 2 N–H and O–H groups in total. The first-order chi connectivity index (χ1) is 9.99. The van der Waals surface area contributed by atoms with Crippen LogP contribution in [0, 0.1) is 6.92 Å². The smallest absolute Gasteiger partial charge is 0.341 e. The Balaban J connectivity index is 2.11. The van der Waals surface area contributed by atoms with Gasteiger partial charge in [-0.1, -0.05) is 0 Å². The molecule has 0 bridgehead atoms. The highest BCUT2D eigenvalue weighted by Crippen LogP contribution is 2.06. The molecule has 1 fully saturated rings. The molecular formula is C14H18N2O5. The first-order valence-corrected chi connectivity index (χ1v) is 6.80. The average Bonchev–Trinajstić information content (AvgIpc) is 2.44. The fraction of sp³-hybridized carbons (Fsp3) is 0.500. The number of hydrogen-bond donors (Lipinski definition) is 2. The number of nitrogens with zero attached hydrogens (tertiary/aromatic N) is 1. The van der Waals surface area contributed by atoms with E-state index in [4.69, 9.17) is 9.84 Å². The Morgan fingerprint density at radius 3 is 2.67 bits per heavy atom. The molecule has 0 aromatic carbocycles. The zero-order chi connectivity index (χ0) is 15.4. The molecule has 1 aliphatic heterocycles. The van der Waals surface area contributed by atoms with Crippen molar-refractivity contribution in [3.8, 4) is 0 Å². The molecule has 0 radical (unpaired) electrons. The Kier molecular flexibility index (Phi) is 4.74. The van der Waals surface area contributed by atoms with Crippen molar-refractivity contribution in [3.05, 3.63) is 33.7 Å².